The largest absolute Gasteiger partial charge is 0.442 e. The minimum Gasteiger partial charge on any atom is -0.442 e. The zero-order chi connectivity index (χ0) is 11.9. The molecule has 0 N–H and O–H groups in total. The van der Waals surface area contributed by atoms with Crippen molar-refractivity contribution in [3.63, 3.8) is 0 Å². The van der Waals surface area contributed by atoms with Gasteiger partial charge in [0.15, 0.2) is 11.0 Å². The highest BCUT2D eigenvalue weighted by molar-refractivity contribution is 6.29. The van der Waals surface area contributed by atoms with Gasteiger partial charge in [-0.15, -0.1) is 0 Å². The summed E-state index contributed by atoms with van der Waals surface area (Å²) in [5.41, 5.74) is -0.00500. The highest BCUT2D eigenvalue weighted by Gasteiger charge is 2.44. The first kappa shape index (κ1) is 11.3. The van der Waals surface area contributed by atoms with Crippen LogP contribution in [0.2, 0.25) is 5.22 Å². The summed E-state index contributed by atoms with van der Waals surface area (Å²) >= 11 is 5.69. The first-order valence-corrected chi connectivity index (χ1v) is 6.50. The van der Waals surface area contributed by atoms with E-state index in [2.05, 4.69) is 0 Å². The molecule has 1 aromatic heterocycles. The molecule has 4 heteroatoms. The molecular weight excluding hydrogens is 240 g/mol. The van der Waals surface area contributed by atoms with Crippen LogP contribution in [0.4, 0.5) is 0 Å². The number of hydrogen-bond donors (Lipinski definition) is 0. The number of hydrogen-bond acceptors (Lipinski definition) is 3. The van der Waals surface area contributed by atoms with Crippen molar-refractivity contribution < 1.29 is 13.9 Å². The van der Waals surface area contributed by atoms with E-state index in [9.17, 15) is 4.79 Å². The van der Waals surface area contributed by atoms with Crippen LogP contribution in [0.15, 0.2) is 16.5 Å². The van der Waals surface area contributed by atoms with Crippen molar-refractivity contribution in [2.24, 2.45) is 5.92 Å². The molecule has 1 saturated heterocycles. The van der Waals surface area contributed by atoms with Crippen LogP contribution < -0.4 is 0 Å². The zero-order valence-electron chi connectivity index (χ0n) is 9.58. The molecule has 2 heterocycles. The Morgan fingerprint density at radius 1 is 1.41 bits per heavy atom. The number of furan rings is 1. The molecule has 1 aliphatic heterocycles. The van der Waals surface area contributed by atoms with Gasteiger partial charge in [0.05, 0.1) is 5.60 Å². The maximum atomic E-state index is 12.2. The highest BCUT2D eigenvalue weighted by Crippen LogP contribution is 2.44. The summed E-state index contributed by atoms with van der Waals surface area (Å²) < 4.78 is 11.0. The predicted octanol–water partition coefficient (Wildman–Crippen LogP) is 3.47. The van der Waals surface area contributed by atoms with Crippen LogP contribution in [0, 0.1) is 5.92 Å². The van der Waals surface area contributed by atoms with Gasteiger partial charge in [-0.2, -0.15) is 0 Å². The normalized spacial score (nSPS) is 26.8. The Labute approximate surface area is 105 Å². The van der Waals surface area contributed by atoms with Crippen molar-refractivity contribution in [1.82, 2.24) is 0 Å². The number of halogens is 1. The van der Waals surface area contributed by atoms with Gasteiger partial charge in [0.2, 0.25) is 5.78 Å². The van der Waals surface area contributed by atoms with E-state index in [-0.39, 0.29) is 22.5 Å². The molecule has 17 heavy (non-hydrogen) atoms. The maximum Gasteiger partial charge on any atom is 0.201 e. The van der Waals surface area contributed by atoms with E-state index >= 15 is 0 Å². The van der Waals surface area contributed by atoms with Gasteiger partial charge in [0, 0.05) is 12.5 Å². The van der Waals surface area contributed by atoms with E-state index in [1.54, 1.807) is 12.1 Å². The first-order valence-electron chi connectivity index (χ1n) is 6.12. The number of ether oxygens (including phenoxy) is 1. The average Bonchev–Trinajstić information content (AvgIpc) is 2.73. The van der Waals surface area contributed by atoms with E-state index in [0.717, 1.165) is 25.7 Å². The summed E-state index contributed by atoms with van der Waals surface area (Å²) in [4.78, 5) is 12.2. The van der Waals surface area contributed by atoms with Crippen molar-refractivity contribution in [3.05, 3.63) is 23.1 Å². The Bertz CT molecular complexity index is 434. The topological polar surface area (TPSA) is 39.4 Å². The summed E-state index contributed by atoms with van der Waals surface area (Å²) in [5, 5.41) is 0.277. The second kappa shape index (κ2) is 4.14. The fraction of sp³-hybridized carbons (Fsp3) is 0.615. The maximum absolute atomic E-state index is 12.2. The third-order valence-electron chi connectivity index (χ3n) is 3.94. The summed E-state index contributed by atoms with van der Waals surface area (Å²) in [6.07, 6.45) is 5.03. The quantitative estimate of drug-likeness (QED) is 0.759. The number of carbonyl (C=O) groups excluding carboxylic acids is 1. The van der Waals surface area contributed by atoms with Gasteiger partial charge in [0.1, 0.15) is 0 Å². The van der Waals surface area contributed by atoms with Crippen molar-refractivity contribution in [1.29, 1.82) is 0 Å². The van der Waals surface area contributed by atoms with E-state index < -0.39 is 0 Å². The van der Waals surface area contributed by atoms with Crippen molar-refractivity contribution >= 4 is 17.4 Å². The molecule has 92 valence electrons. The van der Waals surface area contributed by atoms with Crippen LogP contribution >= 0.6 is 11.6 Å². The van der Waals surface area contributed by atoms with Crippen LogP contribution in [-0.2, 0) is 4.74 Å². The standard InChI is InChI=1S/C13H15ClO3/c14-11-3-2-10(17-11)12(15)9-4-7-16-13(8-9)5-1-6-13/h2-3,9H,1,4-8H2. The molecule has 2 fully saturated rings. The Balaban J connectivity index is 1.73. The molecule has 0 bridgehead atoms. The molecule has 2 aliphatic rings. The smallest absolute Gasteiger partial charge is 0.201 e. The Kier molecular flexibility index (Phi) is 2.75. The van der Waals surface area contributed by atoms with Crippen LogP contribution in [0.5, 0.6) is 0 Å². The molecule has 1 aliphatic carbocycles. The molecule has 1 atom stereocenters. The Hall–Kier alpha value is -0.800. The van der Waals surface area contributed by atoms with Gasteiger partial charge in [-0.1, -0.05) is 0 Å². The number of rotatable bonds is 2. The van der Waals surface area contributed by atoms with E-state index in [0.29, 0.717) is 12.4 Å². The molecule has 1 spiro atoms. The van der Waals surface area contributed by atoms with E-state index in [4.69, 9.17) is 20.8 Å². The van der Waals surface area contributed by atoms with Gasteiger partial charge < -0.3 is 9.15 Å². The van der Waals surface area contributed by atoms with Crippen molar-refractivity contribution in [2.45, 2.75) is 37.7 Å². The van der Waals surface area contributed by atoms with E-state index in [1.807, 2.05) is 0 Å². The monoisotopic (exact) mass is 254 g/mol. The fourth-order valence-electron chi connectivity index (χ4n) is 2.82. The first-order chi connectivity index (χ1) is 8.19. The molecular formula is C13H15ClO3. The number of ketones is 1. The molecule has 1 unspecified atom stereocenters. The molecule has 1 aromatic rings. The van der Waals surface area contributed by atoms with Gasteiger partial charge in [-0.25, -0.2) is 0 Å². The van der Waals surface area contributed by atoms with Crippen molar-refractivity contribution in [3.8, 4) is 0 Å². The lowest BCUT2D eigenvalue weighted by molar-refractivity contribution is -0.137. The lowest BCUT2D eigenvalue weighted by Crippen LogP contribution is -2.47. The molecule has 3 nitrogen and oxygen atoms in total. The number of Topliss-reactive ketones (excluding diaryl/α,β-unsaturated/α-hetero) is 1. The van der Waals surface area contributed by atoms with E-state index in [1.165, 1.54) is 6.42 Å². The summed E-state index contributed by atoms with van der Waals surface area (Å²) in [5.74, 6) is 0.495. The third kappa shape index (κ3) is 2.02. The average molecular weight is 255 g/mol. The third-order valence-corrected chi connectivity index (χ3v) is 4.15. The van der Waals surface area contributed by atoms with Crippen LogP contribution in [0.25, 0.3) is 0 Å². The molecule has 3 rings (SSSR count). The Morgan fingerprint density at radius 2 is 2.24 bits per heavy atom. The number of carbonyl (C=O) groups is 1. The second-order valence-corrected chi connectivity index (χ2v) is 5.42. The SMILES string of the molecule is O=C(c1ccc(Cl)o1)C1CCOC2(CCC2)C1. The summed E-state index contributed by atoms with van der Waals surface area (Å²) in [6.45, 7) is 0.685. The van der Waals surface area contributed by atoms with Gasteiger partial charge in [-0.05, 0) is 55.8 Å². The predicted molar refractivity (Wildman–Crippen MR) is 63.3 cm³/mol. The fourth-order valence-corrected chi connectivity index (χ4v) is 2.97. The van der Waals surface area contributed by atoms with Crippen LogP contribution in [0.1, 0.15) is 42.7 Å². The molecule has 1 saturated carbocycles. The lowest BCUT2D eigenvalue weighted by Gasteiger charge is -2.46. The van der Waals surface area contributed by atoms with Gasteiger partial charge in [-0.3, -0.25) is 4.79 Å². The van der Waals surface area contributed by atoms with Gasteiger partial charge >= 0.3 is 0 Å². The highest BCUT2D eigenvalue weighted by atomic mass is 35.5. The summed E-state index contributed by atoms with van der Waals surface area (Å²) in [7, 11) is 0. The zero-order valence-corrected chi connectivity index (χ0v) is 10.3. The molecule has 0 radical (unpaired) electrons. The lowest BCUT2D eigenvalue weighted by atomic mass is 9.71. The molecule has 0 amide bonds. The van der Waals surface area contributed by atoms with Crippen LogP contribution in [-0.4, -0.2) is 18.0 Å². The molecule has 0 aromatic carbocycles. The minimum atomic E-state index is -0.00500. The van der Waals surface area contributed by atoms with Crippen molar-refractivity contribution in [2.75, 3.05) is 6.61 Å². The minimum absolute atomic E-state index is 0.00500. The van der Waals surface area contributed by atoms with Gasteiger partial charge in [0.25, 0.3) is 0 Å². The Morgan fingerprint density at radius 3 is 2.82 bits per heavy atom. The van der Waals surface area contributed by atoms with Crippen LogP contribution in [0.3, 0.4) is 0 Å². The summed E-state index contributed by atoms with van der Waals surface area (Å²) in [6, 6.07) is 3.28. The second-order valence-electron chi connectivity index (χ2n) is 5.04.